The average molecular weight is 551 g/mol. The SMILES string of the molecule is [2H]C([2H])([2H])N(C(=O)Oc1c(-c2cnn(CC(O)CN(C)C)c2)cc(C(F)(F)F)cc1C(F)(F)F)c1ccc(F)cc1. The van der Waals surface area contributed by atoms with E-state index in [1.54, 1.807) is 19.0 Å². The summed E-state index contributed by atoms with van der Waals surface area (Å²) in [4.78, 5) is 14.6. The Morgan fingerprint density at radius 2 is 1.79 bits per heavy atom. The van der Waals surface area contributed by atoms with Crippen LogP contribution in [0, 0.1) is 5.82 Å². The molecular weight excluding hydrogens is 525 g/mol. The lowest BCUT2D eigenvalue weighted by atomic mass is 9.99. The highest BCUT2D eigenvalue weighted by Gasteiger charge is 2.41. The second-order valence-corrected chi connectivity index (χ2v) is 8.44. The number of aliphatic hydroxyl groups excluding tert-OH is 1. The summed E-state index contributed by atoms with van der Waals surface area (Å²) in [7, 11) is 3.32. The normalized spacial score (nSPS) is 14.6. The molecule has 0 aliphatic heterocycles. The summed E-state index contributed by atoms with van der Waals surface area (Å²) in [5.74, 6) is -2.23. The molecule has 1 heterocycles. The molecule has 0 fully saturated rings. The number of hydrogen-bond acceptors (Lipinski definition) is 5. The highest BCUT2D eigenvalue weighted by Crippen LogP contribution is 2.46. The molecule has 0 aliphatic carbocycles. The quantitative estimate of drug-likeness (QED) is 0.405. The van der Waals surface area contributed by atoms with E-state index in [9.17, 15) is 40.6 Å². The van der Waals surface area contributed by atoms with Crippen LogP contribution in [-0.2, 0) is 18.9 Å². The number of ether oxygens (including phenoxy) is 1. The Balaban J connectivity index is 2.18. The van der Waals surface area contributed by atoms with Gasteiger partial charge in [-0.2, -0.15) is 31.4 Å². The minimum Gasteiger partial charge on any atom is -0.409 e. The van der Waals surface area contributed by atoms with Crippen molar-refractivity contribution in [1.29, 1.82) is 0 Å². The van der Waals surface area contributed by atoms with Crippen molar-refractivity contribution >= 4 is 11.8 Å². The zero-order valence-electron chi connectivity index (χ0n) is 22.8. The van der Waals surface area contributed by atoms with Crippen LogP contribution < -0.4 is 9.64 Å². The van der Waals surface area contributed by atoms with Crippen molar-refractivity contribution in [3.05, 3.63) is 65.7 Å². The summed E-state index contributed by atoms with van der Waals surface area (Å²) in [5, 5.41) is 14.0. The van der Waals surface area contributed by atoms with Crippen LogP contribution in [0.25, 0.3) is 11.1 Å². The van der Waals surface area contributed by atoms with Crippen LogP contribution in [-0.4, -0.2) is 59.6 Å². The van der Waals surface area contributed by atoms with Gasteiger partial charge < -0.3 is 14.7 Å². The smallest absolute Gasteiger partial charge is 0.409 e. The molecule has 0 bridgehead atoms. The van der Waals surface area contributed by atoms with E-state index >= 15 is 0 Å². The van der Waals surface area contributed by atoms with Gasteiger partial charge in [-0.3, -0.25) is 9.58 Å². The van der Waals surface area contributed by atoms with Crippen LogP contribution in [0.15, 0.2) is 48.8 Å². The van der Waals surface area contributed by atoms with Crippen molar-refractivity contribution in [3.8, 4) is 16.9 Å². The van der Waals surface area contributed by atoms with Gasteiger partial charge in [0.25, 0.3) is 0 Å². The summed E-state index contributed by atoms with van der Waals surface area (Å²) in [6.45, 7) is -3.38. The summed E-state index contributed by atoms with van der Waals surface area (Å²) in [6.07, 6.45) is -11.7. The van der Waals surface area contributed by atoms with Crippen LogP contribution in [0.5, 0.6) is 5.75 Å². The number of anilines is 1. The van der Waals surface area contributed by atoms with Gasteiger partial charge in [-0.15, -0.1) is 0 Å². The maximum atomic E-state index is 14.1. The number of amides is 1. The monoisotopic (exact) mass is 551 g/mol. The Morgan fingerprint density at radius 3 is 2.34 bits per heavy atom. The van der Waals surface area contributed by atoms with Crippen LogP contribution in [0.4, 0.5) is 41.2 Å². The molecule has 0 radical (unpaired) electrons. The van der Waals surface area contributed by atoms with Gasteiger partial charge in [-0.1, -0.05) is 0 Å². The lowest BCUT2D eigenvalue weighted by molar-refractivity contribution is -0.143. The highest BCUT2D eigenvalue weighted by molar-refractivity contribution is 5.90. The second-order valence-electron chi connectivity index (χ2n) is 8.44. The summed E-state index contributed by atoms with van der Waals surface area (Å²) >= 11 is 0. The summed E-state index contributed by atoms with van der Waals surface area (Å²) in [6, 6.07) is 3.30. The third-order valence-corrected chi connectivity index (χ3v) is 5.10. The van der Waals surface area contributed by atoms with E-state index in [4.69, 9.17) is 8.85 Å². The fourth-order valence-electron chi connectivity index (χ4n) is 3.45. The molecule has 0 spiro atoms. The van der Waals surface area contributed by atoms with E-state index in [1.165, 1.54) is 0 Å². The molecule has 206 valence electrons. The number of carbonyl (C=O) groups is 1. The minimum absolute atomic E-state index is 0.0466. The van der Waals surface area contributed by atoms with Crippen molar-refractivity contribution in [1.82, 2.24) is 14.7 Å². The zero-order chi connectivity index (χ0) is 30.9. The Bertz CT molecular complexity index is 1370. The Kier molecular flexibility index (Phi) is 7.14. The Morgan fingerprint density at radius 1 is 1.13 bits per heavy atom. The molecule has 38 heavy (non-hydrogen) atoms. The first-order valence-corrected chi connectivity index (χ1v) is 10.7. The first-order valence-electron chi connectivity index (χ1n) is 12.2. The van der Waals surface area contributed by atoms with Crippen LogP contribution in [0.1, 0.15) is 15.2 Å². The van der Waals surface area contributed by atoms with Gasteiger partial charge in [0.2, 0.25) is 0 Å². The number of aliphatic hydroxyl groups is 1. The molecule has 1 unspecified atom stereocenters. The fourth-order valence-corrected chi connectivity index (χ4v) is 3.45. The third-order valence-electron chi connectivity index (χ3n) is 5.10. The fraction of sp³-hybridized carbons (Fsp3) is 0.333. The maximum absolute atomic E-state index is 14.1. The van der Waals surface area contributed by atoms with Crippen molar-refractivity contribution in [2.24, 2.45) is 0 Å². The number of likely N-dealkylation sites (N-methyl/N-ethyl adjacent to an activating group) is 1. The van der Waals surface area contributed by atoms with Crippen molar-refractivity contribution in [2.75, 3.05) is 32.5 Å². The Labute approximate surface area is 216 Å². The number of rotatable bonds is 7. The number of benzene rings is 2. The number of carbonyl (C=O) groups excluding carboxylic acids is 1. The largest absolute Gasteiger partial charge is 0.420 e. The number of nitrogens with zero attached hydrogens (tertiary/aromatic N) is 4. The summed E-state index contributed by atoms with van der Waals surface area (Å²) in [5.41, 5.74) is -5.46. The number of aromatic nitrogens is 2. The van der Waals surface area contributed by atoms with Gasteiger partial charge >= 0.3 is 18.4 Å². The molecule has 1 N–H and O–H groups in total. The highest BCUT2D eigenvalue weighted by atomic mass is 19.4. The van der Waals surface area contributed by atoms with Gasteiger partial charge in [-0.05, 0) is 50.5 Å². The molecule has 14 heteroatoms. The van der Waals surface area contributed by atoms with E-state index in [0.717, 1.165) is 41.3 Å². The van der Waals surface area contributed by atoms with E-state index < -0.39 is 65.5 Å². The number of alkyl halides is 6. The number of hydrogen-bond donors (Lipinski definition) is 1. The topological polar surface area (TPSA) is 70.8 Å². The molecule has 2 aromatic carbocycles. The molecule has 0 saturated carbocycles. The third kappa shape index (κ3) is 7.01. The minimum atomic E-state index is -5.50. The van der Waals surface area contributed by atoms with Gasteiger partial charge in [0.15, 0.2) is 5.75 Å². The first-order chi connectivity index (χ1) is 18.8. The molecule has 3 rings (SSSR count). The first kappa shape index (κ1) is 24.7. The molecule has 0 saturated heterocycles. The van der Waals surface area contributed by atoms with E-state index in [0.29, 0.717) is 6.07 Å². The zero-order valence-corrected chi connectivity index (χ0v) is 19.8. The van der Waals surface area contributed by atoms with Crippen molar-refractivity contribution in [3.63, 3.8) is 0 Å². The predicted molar refractivity (Wildman–Crippen MR) is 123 cm³/mol. The average Bonchev–Trinajstić information content (AvgIpc) is 3.25. The second kappa shape index (κ2) is 11.0. The maximum Gasteiger partial charge on any atom is 0.420 e. The standard InChI is InChI=1S/C24H23F7N4O3/c1-33(2)12-18(36)13-35-11-14(10-32-35)19-8-15(23(26,27)28)9-20(24(29,30)31)21(19)38-22(37)34(3)17-6-4-16(25)5-7-17/h4-11,18,36H,12-13H2,1-3H3/i3D3. The summed E-state index contributed by atoms with van der Waals surface area (Å²) < 4.78 is 125. The van der Waals surface area contributed by atoms with Crippen LogP contribution in [0.3, 0.4) is 0 Å². The van der Waals surface area contributed by atoms with Gasteiger partial charge in [0, 0.05) is 40.6 Å². The molecule has 7 nitrogen and oxygen atoms in total. The lowest BCUT2D eigenvalue weighted by Crippen LogP contribution is -2.30. The van der Waals surface area contributed by atoms with E-state index in [2.05, 4.69) is 5.10 Å². The van der Waals surface area contributed by atoms with Gasteiger partial charge in [-0.25, -0.2) is 9.18 Å². The number of halogens is 7. The van der Waals surface area contributed by atoms with Crippen LogP contribution >= 0.6 is 0 Å². The van der Waals surface area contributed by atoms with Gasteiger partial charge in [0.05, 0.1) is 30.0 Å². The predicted octanol–water partition coefficient (Wildman–Crippen LogP) is 5.28. The molecule has 0 aliphatic rings. The van der Waals surface area contributed by atoms with Crippen LogP contribution in [0.2, 0.25) is 0 Å². The molecule has 1 amide bonds. The molecule has 3 aromatic rings. The molecular formula is C24H23F7N4O3. The van der Waals surface area contributed by atoms with E-state index in [-0.39, 0.29) is 29.6 Å². The lowest BCUT2D eigenvalue weighted by Gasteiger charge is -2.22. The van der Waals surface area contributed by atoms with E-state index in [1.807, 2.05) is 0 Å². The van der Waals surface area contributed by atoms with Gasteiger partial charge in [0.1, 0.15) is 5.82 Å². The van der Waals surface area contributed by atoms with Crippen molar-refractivity contribution in [2.45, 2.75) is 25.0 Å². The molecule has 1 atom stereocenters. The molecule has 1 aromatic heterocycles. The Hall–Kier alpha value is -3.65. The van der Waals surface area contributed by atoms with Crippen molar-refractivity contribution < 1.29 is 49.5 Å².